The van der Waals surface area contributed by atoms with Crippen LogP contribution in [-0.2, 0) is 11.3 Å². The highest BCUT2D eigenvalue weighted by Gasteiger charge is 2.20. The summed E-state index contributed by atoms with van der Waals surface area (Å²) in [6.45, 7) is 3.56. The van der Waals surface area contributed by atoms with E-state index in [9.17, 15) is 9.59 Å². The molecule has 6 nitrogen and oxygen atoms in total. The minimum atomic E-state index is -0.148. The smallest absolute Gasteiger partial charge is 0.266 e. The van der Waals surface area contributed by atoms with E-state index in [1.54, 1.807) is 6.07 Å². The number of hydrogen-bond acceptors (Lipinski definition) is 4. The van der Waals surface area contributed by atoms with E-state index < -0.39 is 0 Å². The predicted molar refractivity (Wildman–Crippen MR) is 126 cm³/mol. The van der Waals surface area contributed by atoms with Crippen molar-refractivity contribution in [3.05, 3.63) is 81.6 Å². The maximum atomic E-state index is 12.6. The second-order valence-corrected chi connectivity index (χ2v) is 8.51. The van der Waals surface area contributed by atoms with Crippen LogP contribution < -0.4 is 10.5 Å². The predicted octanol–water partition coefficient (Wildman–Crippen LogP) is 3.80. The largest absolute Gasteiger partial charge is 0.368 e. The van der Waals surface area contributed by atoms with Gasteiger partial charge in [0, 0.05) is 60.9 Å². The highest BCUT2D eigenvalue weighted by molar-refractivity contribution is 9.10. The van der Waals surface area contributed by atoms with Crippen molar-refractivity contribution in [1.82, 2.24) is 14.7 Å². The summed E-state index contributed by atoms with van der Waals surface area (Å²) in [5.41, 5.74) is 2.75. The third-order valence-electron chi connectivity index (χ3n) is 5.52. The van der Waals surface area contributed by atoms with Gasteiger partial charge < -0.3 is 9.80 Å². The van der Waals surface area contributed by atoms with Crippen LogP contribution in [0.2, 0.25) is 0 Å². The van der Waals surface area contributed by atoms with Gasteiger partial charge in [0.25, 0.3) is 5.56 Å². The third kappa shape index (κ3) is 5.41. The molecule has 160 valence electrons. The number of hydrogen-bond donors (Lipinski definition) is 0. The van der Waals surface area contributed by atoms with Crippen LogP contribution in [0.1, 0.15) is 12.8 Å². The van der Waals surface area contributed by atoms with Crippen LogP contribution in [0.25, 0.3) is 11.3 Å². The van der Waals surface area contributed by atoms with Gasteiger partial charge in [0.05, 0.1) is 5.69 Å². The van der Waals surface area contributed by atoms with E-state index in [1.807, 2.05) is 47.4 Å². The molecule has 4 rings (SSSR count). The fraction of sp³-hybridized carbons (Fsp3) is 0.292. The molecule has 2 heterocycles. The molecular weight excluding hydrogens is 456 g/mol. The first-order chi connectivity index (χ1) is 15.1. The quantitative estimate of drug-likeness (QED) is 0.538. The van der Waals surface area contributed by atoms with Gasteiger partial charge in [-0.05, 0) is 36.8 Å². The Morgan fingerprint density at radius 2 is 1.61 bits per heavy atom. The number of aromatic nitrogens is 2. The molecule has 31 heavy (non-hydrogen) atoms. The topological polar surface area (TPSA) is 58.4 Å². The fourth-order valence-corrected chi connectivity index (χ4v) is 4.04. The highest BCUT2D eigenvalue weighted by atomic mass is 79.9. The Bertz CT molecular complexity index is 1070. The van der Waals surface area contributed by atoms with Crippen LogP contribution in [0.4, 0.5) is 5.69 Å². The molecule has 0 aliphatic carbocycles. The molecule has 1 aromatic heterocycles. The van der Waals surface area contributed by atoms with Crippen molar-refractivity contribution >= 4 is 27.5 Å². The van der Waals surface area contributed by atoms with Crippen molar-refractivity contribution in [3.63, 3.8) is 0 Å². The summed E-state index contributed by atoms with van der Waals surface area (Å²) in [6.07, 6.45) is 1.01. The van der Waals surface area contributed by atoms with E-state index in [0.29, 0.717) is 19.4 Å². The van der Waals surface area contributed by atoms with E-state index in [-0.39, 0.29) is 11.5 Å². The van der Waals surface area contributed by atoms with Crippen molar-refractivity contribution in [3.8, 4) is 11.3 Å². The van der Waals surface area contributed by atoms with Crippen LogP contribution >= 0.6 is 15.9 Å². The number of para-hydroxylation sites is 1. The molecule has 3 aromatic rings. The number of piperazine rings is 1. The Morgan fingerprint density at radius 1 is 0.903 bits per heavy atom. The number of aryl methyl sites for hydroxylation is 1. The molecule has 2 aromatic carbocycles. The lowest BCUT2D eigenvalue weighted by Crippen LogP contribution is -2.48. The lowest BCUT2D eigenvalue weighted by Gasteiger charge is -2.36. The van der Waals surface area contributed by atoms with Gasteiger partial charge in [-0.3, -0.25) is 9.59 Å². The normalized spacial score (nSPS) is 14.0. The van der Waals surface area contributed by atoms with Crippen LogP contribution in [0.5, 0.6) is 0 Å². The SMILES string of the molecule is O=C(CCCn1nc(-c2ccc(Br)cc2)ccc1=O)N1CCN(c2ccccc2)CC1. The van der Waals surface area contributed by atoms with E-state index in [1.165, 1.54) is 16.4 Å². The Morgan fingerprint density at radius 3 is 2.32 bits per heavy atom. The molecule has 0 radical (unpaired) electrons. The molecule has 0 bridgehead atoms. The summed E-state index contributed by atoms with van der Waals surface area (Å²) in [7, 11) is 0. The monoisotopic (exact) mass is 480 g/mol. The molecule has 1 aliphatic rings. The van der Waals surface area contributed by atoms with E-state index in [2.05, 4.69) is 38.1 Å². The molecule has 7 heteroatoms. The Kier molecular flexibility index (Phi) is 6.82. The van der Waals surface area contributed by atoms with Gasteiger partial charge in [-0.15, -0.1) is 0 Å². The molecule has 0 unspecified atom stereocenters. The van der Waals surface area contributed by atoms with Gasteiger partial charge in [0.1, 0.15) is 0 Å². The zero-order valence-corrected chi connectivity index (χ0v) is 18.9. The zero-order valence-electron chi connectivity index (χ0n) is 17.3. The average Bonchev–Trinajstić information content (AvgIpc) is 2.81. The number of nitrogens with zero attached hydrogens (tertiary/aromatic N) is 4. The number of halogens is 1. The van der Waals surface area contributed by atoms with Gasteiger partial charge in [0.2, 0.25) is 5.91 Å². The summed E-state index contributed by atoms with van der Waals surface area (Å²) >= 11 is 3.43. The van der Waals surface area contributed by atoms with Gasteiger partial charge in [-0.2, -0.15) is 5.10 Å². The second-order valence-electron chi connectivity index (χ2n) is 7.59. The number of carbonyl (C=O) groups excluding carboxylic acids is 1. The van der Waals surface area contributed by atoms with Gasteiger partial charge >= 0.3 is 0 Å². The Labute approximate surface area is 190 Å². The van der Waals surface area contributed by atoms with Crippen molar-refractivity contribution in [2.45, 2.75) is 19.4 Å². The Hall–Kier alpha value is -2.93. The number of carbonyl (C=O) groups is 1. The third-order valence-corrected chi connectivity index (χ3v) is 6.05. The maximum absolute atomic E-state index is 12.6. The van der Waals surface area contributed by atoms with Crippen LogP contribution in [0.3, 0.4) is 0 Å². The minimum Gasteiger partial charge on any atom is -0.368 e. The lowest BCUT2D eigenvalue weighted by atomic mass is 10.1. The van der Waals surface area contributed by atoms with Crippen molar-refractivity contribution < 1.29 is 4.79 Å². The summed E-state index contributed by atoms with van der Waals surface area (Å²) < 4.78 is 2.45. The van der Waals surface area contributed by atoms with Crippen molar-refractivity contribution in [1.29, 1.82) is 0 Å². The molecule has 1 amide bonds. The fourth-order valence-electron chi connectivity index (χ4n) is 3.77. The summed E-state index contributed by atoms with van der Waals surface area (Å²) in [5.74, 6) is 0.143. The minimum absolute atomic E-state index is 0.143. The molecular formula is C24H25BrN4O2. The van der Waals surface area contributed by atoms with Crippen LogP contribution in [-0.4, -0.2) is 46.8 Å². The molecule has 1 saturated heterocycles. The van der Waals surface area contributed by atoms with Crippen LogP contribution in [0, 0.1) is 0 Å². The number of amides is 1. The van der Waals surface area contributed by atoms with E-state index in [0.717, 1.165) is 41.9 Å². The second kappa shape index (κ2) is 9.92. The summed E-state index contributed by atoms with van der Waals surface area (Å²) in [5, 5.41) is 4.48. The molecule has 0 N–H and O–H groups in total. The standard InChI is InChI=1S/C24H25BrN4O2/c25-20-10-8-19(9-11-20)22-12-13-24(31)29(26-22)14-4-7-23(30)28-17-15-27(16-18-28)21-5-2-1-3-6-21/h1-3,5-6,8-13H,4,7,14-18H2. The van der Waals surface area contributed by atoms with Gasteiger partial charge in [-0.25, -0.2) is 4.68 Å². The first-order valence-corrected chi connectivity index (χ1v) is 11.3. The Balaban J connectivity index is 1.29. The van der Waals surface area contributed by atoms with Crippen LogP contribution in [0.15, 0.2) is 76.0 Å². The number of anilines is 1. The van der Waals surface area contributed by atoms with Gasteiger partial charge in [-0.1, -0.05) is 46.3 Å². The average molecular weight is 481 g/mol. The molecule has 0 spiro atoms. The maximum Gasteiger partial charge on any atom is 0.266 e. The molecule has 0 saturated carbocycles. The first kappa shape index (κ1) is 21.3. The van der Waals surface area contributed by atoms with E-state index in [4.69, 9.17) is 0 Å². The van der Waals surface area contributed by atoms with Crippen molar-refractivity contribution in [2.24, 2.45) is 0 Å². The first-order valence-electron chi connectivity index (χ1n) is 10.5. The molecule has 0 atom stereocenters. The number of rotatable bonds is 6. The lowest BCUT2D eigenvalue weighted by molar-refractivity contribution is -0.131. The van der Waals surface area contributed by atoms with E-state index >= 15 is 0 Å². The molecule has 1 fully saturated rings. The van der Waals surface area contributed by atoms with Gasteiger partial charge in [0.15, 0.2) is 0 Å². The summed E-state index contributed by atoms with van der Waals surface area (Å²) in [6, 6.07) is 21.4. The number of benzene rings is 2. The zero-order chi connectivity index (χ0) is 21.6. The molecule has 1 aliphatic heterocycles. The van der Waals surface area contributed by atoms with Crippen molar-refractivity contribution in [2.75, 3.05) is 31.1 Å². The summed E-state index contributed by atoms with van der Waals surface area (Å²) in [4.78, 5) is 29.1. The highest BCUT2D eigenvalue weighted by Crippen LogP contribution is 2.19.